The molecule has 0 bridgehead atoms. The van der Waals surface area contributed by atoms with Crippen LogP contribution in [-0.2, 0) is 0 Å². The maximum absolute atomic E-state index is 2.73. The van der Waals surface area contributed by atoms with Gasteiger partial charge in [-0.15, -0.1) is 0 Å². The zero-order valence-corrected chi connectivity index (χ0v) is 25.0. The highest BCUT2D eigenvalue weighted by molar-refractivity contribution is 5.85. The highest BCUT2D eigenvalue weighted by atomic mass is 14.8. The Bertz CT molecular complexity index is 1630. The third-order valence-corrected chi connectivity index (χ3v) is 14.0. The second-order valence-corrected chi connectivity index (χ2v) is 15.5. The average Bonchev–Trinajstić information content (AvgIpc) is 3.33. The summed E-state index contributed by atoms with van der Waals surface area (Å²) in [7, 11) is 0. The van der Waals surface area contributed by atoms with Crippen molar-refractivity contribution in [3.05, 3.63) is 102 Å². The monoisotopic (exact) mass is 486 g/mol. The molecule has 0 heteroatoms. The molecule has 1 saturated carbocycles. The normalized spacial score (nSPS) is 37.7. The van der Waals surface area contributed by atoms with E-state index in [0.29, 0.717) is 11.8 Å². The minimum Gasteiger partial charge on any atom is -0.0577 e. The molecule has 1 spiro atoms. The van der Waals surface area contributed by atoms with Crippen molar-refractivity contribution < 1.29 is 0 Å². The summed E-state index contributed by atoms with van der Waals surface area (Å²) in [6.07, 6.45) is 10.7. The van der Waals surface area contributed by atoms with E-state index in [1.807, 2.05) is 0 Å². The standard InChI is InChI=1S/C37H42/c1-17-19(3)23-14-25-31-27(35(9,10)33(25,5)6)16-28-32-26(34(7,8)36(28,11)12)15-24-20(4)18(2)22-13-21(17)29(23)37(31,32)30(22)24/h13-16,29,32H,1-12H3/t29-,32+,37-/m0/s1. The molecule has 0 aliphatic heterocycles. The van der Waals surface area contributed by atoms with E-state index in [2.05, 4.69) is 107 Å². The minimum atomic E-state index is -0.0220. The minimum absolute atomic E-state index is 0.0220. The first-order valence-corrected chi connectivity index (χ1v) is 14.5. The lowest BCUT2D eigenvalue weighted by molar-refractivity contribution is 0.219. The van der Waals surface area contributed by atoms with Crippen molar-refractivity contribution >= 4 is 0 Å². The first kappa shape index (κ1) is 22.6. The fourth-order valence-corrected chi connectivity index (χ4v) is 10.2. The molecular formula is C37H42. The van der Waals surface area contributed by atoms with E-state index in [-0.39, 0.29) is 27.1 Å². The van der Waals surface area contributed by atoms with Crippen molar-refractivity contribution in [1.82, 2.24) is 0 Å². The summed E-state index contributed by atoms with van der Waals surface area (Å²) in [5.74, 6) is 0.875. The number of allylic oxidation sites excluding steroid dienone is 18. The van der Waals surface area contributed by atoms with Gasteiger partial charge < -0.3 is 0 Å². The van der Waals surface area contributed by atoms with Crippen LogP contribution in [0.2, 0.25) is 0 Å². The molecule has 0 saturated heterocycles. The molecule has 1 fully saturated rings. The highest BCUT2D eigenvalue weighted by Gasteiger charge is 2.73. The quantitative estimate of drug-likeness (QED) is 0.320. The Labute approximate surface area is 224 Å². The van der Waals surface area contributed by atoms with E-state index in [9.17, 15) is 0 Å². The third-order valence-electron chi connectivity index (χ3n) is 14.0. The SMILES string of the molecule is CC1=C(C)C2=C3C1=CC1=C(C)C(C)=C4C=C5C6=C(C=C7[C@@H](C(=C2)C(C)(C)C7(C)C)[C@@]36[C@@H]14)C(C)(C)C5(C)C. The van der Waals surface area contributed by atoms with Crippen molar-refractivity contribution in [3.63, 3.8) is 0 Å². The lowest BCUT2D eigenvalue weighted by Gasteiger charge is -2.58. The maximum atomic E-state index is 2.73. The van der Waals surface area contributed by atoms with E-state index >= 15 is 0 Å². The molecule has 0 aromatic carbocycles. The van der Waals surface area contributed by atoms with Gasteiger partial charge in [-0.25, -0.2) is 0 Å². The molecule has 0 aromatic heterocycles. The van der Waals surface area contributed by atoms with E-state index in [1.165, 1.54) is 22.3 Å². The Balaban J connectivity index is 1.66. The number of rotatable bonds is 0. The molecule has 0 aromatic rings. The fourth-order valence-electron chi connectivity index (χ4n) is 10.2. The Hall–Kier alpha value is -2.34. The molecular weight excluding hydrogens is 444 g/mol. The zero-order chi connectivity index (χ0) is 26.6. The van der Waals surface area contributed by atoms with E-state index in [0.717, 1.165) is 0 Å². The van der Waals surface area contributed by atoms with Crippen molar-refractivity contribution in [2.75, 3.05) is 0 Å². The molecule has 0 N–H and O–H groups in total. The summed E-state index contributed by atoms with van der Waals surface area (Å²) >= 11 is 0. The van der Waals surface area contributed by atoms with Gasteiger partial charge in [0.25, 0.3) is 0 Å². The van der Waals surface area contributed by atoms with Crippen molar-refractivity contribution in [3.8, 4) is 0 Å². The van der Waals surface area contributed by atoms with Crippen molar-refractivity contribution in [2.24, 2.45) is 38.9 Å². The van der Waals surface area contributed by atoms with Crippen molar-refractivity contribution in [2.45, 2.75) is 83.1 Å². The van der Waals surface area contributed by atoms with Crippen LogP contribution in [0.25, 0.3) is 0 Å². The Morgan fingerprint density at radius 1 is 0.514 bits per heavy atom. The molecule has 190 valence electrons. The van der Waals surface area contributed by atoms with Crippen LogP contribution >= 0.6 is 0 Å². The van der Waals surface area contributed by atoms with Gasteiger partial charge in [-0.2, -0.15) is 0 Å². The van der Waals surface area contributed by atoms with Crippen LogP contribution in [0.15, 0.2) is 102 Å². The molecule has 0 radical (unpaired) electrons. The van der Waals surface area contributed by atoms with Gasteiger partial charge >= 0.3 is 0 Å². The number of hydrogen-bond donors (Lipinski definition) is 0. The summed E-state index contributed by atoms with van der Waals surface area (Å²) in [5.41, 5.74) is 22.8. The summed E-state index contributed by atoms with van der Waals surface area (Å²) in [6, 6.07) is 0. The largest absolute Gasteiger partial charge is 0.0577 e. The molecule has 3 atom stereocenters. The molecule has 0 unspecified atom stereocenters. The van der Waals surface area contributed by atoms with Crippen LogP contribution < -0.4 is 0 Å². The fraction of sp³-hybridized carbons (Fsp3) is 0.514. The first-order chi connectivity index (χ1) is 17.1. The third kappa shape index (κ3) is 1.83. The molecule has 8 aliphatic carbocycles. The molecule has 37 heavy (non-hydrogen) atoms. The van der Waals surface area contributed by atoms with Crippen LogP contribution in [0.5, 0.6) is 0 Å². The Morgan fingerprint density at radius 3 is 1.70 bits per heavy atom. The lowest BCUT2D eigenvalue weighted by atomic mass is 9.44. The van der Waals surface area contributed by atoms with Crippen LogP contribution in [-0.4, -0.2) is 0 Å². The second-order valence-electron chi connectivity index (χ2n) is 15.5. The topological polar surface area (TPSA) is 0 Å². The Morgan fingerprint density at radius 2 is 1.08 bits per heavy atom. The maximum Gasteiger partial charge on any atom is 0.0432 e. The zero-order valence-electron chi connectivity index (χ0n) is 25.0. The van der Waals surface area contributed by atoms with Gasteiger partial charge in [0.1, 0.15) is 0 Å². The van der Waals surface area contributed by atoms with Gasteiger partial charge in [0.05, 0.1) is 0 Å². The lowest BCUT2D eigenvalue weighted by Crippen LogP contribution is -2.50. The molecule has 0 amide bonds. The van der Waals surface area contributed by atoms with E-state index in [4.69, 9.17) is 0 Å². The summed E-state index contributed by atoms with van der Waals surface area (Å²) < 4.78 is 0. The predicted molar refractivity (Wildman–Crippen MR) is 155 cm³/mol. The van der Waals surface area contributed by atoms with Gasteiger partial charge in [-0.3, -0.25) is 0 Å². The van der Waals surface area contributed by atoms with Gasteiger partial charge in [0, 0.05) is 17.3 Å². The predicted octanol–water partition coefficient (Wildman–Crippen LogP) is 9.69. The van der Waals surface area contributed by atoms with Crippen LogP contribution in [0.1, 0.15) is 83.1 Å². The molecule has 0 nitrogen and oxygen atoms in total. The summed E-state index contributed by atoms with van der Waals surface area (Å²) in [4.78, 5) is 0. The molecule has 0 heterocycles. The van der Waals surface area contributed by atoms with E-state index in [1.54, 1.807) is 55.7 Å². The highest BCUT2D eigenvalue weighted by Crippen LogP contribution is 2.83. The van der Waals surface area contributed by atoms with Gasteiger partial charge in [-0.1, -0.05) is 90.8 Å². The molecule has 8 aliphatic rings. The van der Waals surface area contributed by atoms with Gasteiger partial charge in [0.2, 0.25) is 0 Å². The van der Waals surface area contributed by atoms with Crippen LogP contribution in [0, 0.1) is 38.9 Å². The molecule has 8 rings (SSSR count). The number of hydrogen-bond acceptors (Lipinski definition) is 0. The van der Waals surface area contributed by atoms with Crippen LogP contribution in [0.4, 0.5) is 0 Å². The van der Waals surface area contributed by atoms with E-state index < -0.39 is 0 Å². The summed E-state index contributed by atoms with van der Waals surface area (Å²) in [5, 5.41) is 0. The van der Waals surface area contributed by atoms with Gasteiger partial charge in [0.15, 0.2) is 0 Å². The summed E-state index contributed by atoms with van der Waals surface area (Å²) in [6.45, 7) is 29.9. The van der Waals surface area contributed by atoms with Gasteiger partial charge in [-0.05, 0) is 116 Å². The second kappa shape index (κ2) is 5.66. The first-order valence-electron chi connectivity index (χ1n) is 14.5. The Kier molecular flexibility index (Phi) is 3.46. The smallest absolute Gasteiger partial charge is 0.0432 e. The van der Waals surface area contributed by atoms with Crippen LogP contribution in [0.3, 0.4) is 0 Å². The average molecular weight is 487 g/mol. The van der Waals surface area contributed by atoms with Crippen molar-refractivity contribution in [1.29, 1.82) is 0 Å².